The highest BCUT2D eigenvalue weighted by molar-refractivity contribution is 5.94. The molecule has 1 N–H and O–H groups in total. The molecule has 0 unspecified atom stereocenters. The van der Waals surface area contributed by atoms with Gasteiger partial charge in [0.05, 0.1) is 7.11 Å². The van der Waals surface area contributed by atoms with Crippen molar-refractivity contribution < 1.29 is 18.3 Å². The number of carbonyl (C=O) groups is 1. The molecule has 6 nitrogen and oxygen atoms in total. The van der Waals surface area contributed by atoms with Gasteiger partial charge in [-0.3, -0.25) is 4.79 Å². The minimum absolute atomic E-state index is 0.266. The molecule has 1 aromatic heterocycles. The average Bonchev–Trinajstić information content (AvgIpc) is 3.10. The first-order valence-corrected chi connectivity index (χ1v) is 7.66. The summed E-state index contributed by atoms with van der Waals surface area (Å²) in [5, 5.41) is 10.6. The van der Waals surface area contributed by atoms with Gasteiger partial charge in [0.2, 0.25) is 11.8 Å². The lowest BCUT2D eigenvalue weighted by atomic mass is 10.2. The van der Waals surface area contributed by atoms with Gasteiger partial charge in [-0.25, -0.2) is 4.39 Å². The summed E-state index contributed by atoms with van der Waals surface area (Å²) in [4.78, 5) is 11.9. The molecule has 0 saturated heterocycles. The Labute approximate surface area is 143 Å². The highest BCUT2D eigenvalue weighted by Crippen LogP contribution is 2.22. The van der Waals surface area contributed by atoms with Crippen LogP contribution in [0.4, 0.5) is 4.39 Å². The van der Waals surface area contributed by atoms with Crippen molar-refractivity contribution in [2.45, 2.75) is 6.42 Å². The molecule has 3 rings (SSSR count). The molecular weight excluding hydrogens is 325 g/mol. The van der Waals surface area contributed by atoms with Crippen molar-refractivity contribution in [2.24, 2.45) is 0 Å². The van der Waals surface area contributed by atoms with Gasteiger partial charge in [-0.2, -0.15) is 0 Å². The molecule has 3 aromatic rings. The third-order valence-electron chi connectivity index (χ3n) is 3.49. The molecule has 0 spiro atoms. The molecule has 0 fully saturated rings. The number of nitrogens with zero attached hydrogens (tertiary/aromatic N) is 2. The maximum Gasteiger partial charge on any atom is 0.251 e. The summed E-state index contributed by atoms with van der Waals surface area (Å²) >= 11 is 0. The number of halogens is 1. The fourth-order valence-corrected chi connectivity index (χ4v) is 2.24. The normalized spacial score (nSPS) is 10.5. The summed E-state index contributed by atoms with van der Waals surface area (Å²) in [6, 6.07) is 12.8. The molecule has 25 heavy (non-hydrogen) atoms. The van der Waals surface area contributed by atoms with E-state index < -0.39 is 5.82 Å². The summed E-state index contributed by atoms with van der Waals surface area (Å²) < 4.78 is 23.9. The van der Waals surface area contributed by atoms with Crippen LogP contribution in [-0.2, 0) is 6.42 Å². The van der Waals surface area contributed by atoms with Crippen molar-refractivity contribution in [1.82, 2.24) is 15.5 Å². The number of benzene rings is 2. The predicted octanol–water partition coefficient (Wildman–Crippen LogP) is 2.86. The molecule has 0 aliphatic rings. The van der Waals surface area contributed by atoms with Crippen molar-refractivity contribution >= 4 is 5.91 Å². The molecule has 0 aliphatic carbocycles. The van der Waals surface area contributed by atoms with E-state index in [1.807, 2.05) is 18.2 Å². The number of hydrogen-bond acceptors (Lipinski definition) is 5. The monoisotopic (exact) mass is 341 g/mol. The van der Waals surface area contributed by atoms with E-state index in [0.29, 0.717) is 30.5 Å². The first-order valence-electron chi connectivity index (χ1n) is 7.66. The lowest BCUT2D eigenvalue weighted by Gasteiger charge is -2.03. The van der Waals surface area contributed by atoms with Crippen LogP contribution >= 0.6 is 0 Å². The number of hydrogen-bond donors (Lipinski definition) is 1. The highest BCUT2D eigenvalue weighted by atomic mass is 19.1. The largest absolute Gasteiger partial charge is 0.497 e. The minimum Gasteiger partial charge on any atom is -0.497 e. The van der Waals surface area contributed by atoms with E-state index in [9.17, 15) is 9.18 Å². The molecule has 0 bridgehead atoms. The third kappa shape index (κ3) is 4.20. The Morgan fingerprint density at radius 3 is 2.84 bits per heavy atom. The van der Waals surface area contributed by atoms with Crippen LogP contribution in [0.25, 0.3) is 11.5 Å². The molecule has 2 aromatic carbocycles. The minimum atomic E-state index is -0.451. The number of methoxy groups -OCH3 is 1. The fraction of sp³-hybridized carbons (Fsp3) is 0.167. The van der Waals surface area contributed by atoms with Crippen molar-refractivity contribution in [3.05, 3.63) is 65.8 Å². The van der Waals surface area contributed by atoms with E-state index in [1.165, 1.54) is 18.2 Å². The van der Waals surface area contributed by atoms with Crippen LogP contribution in [0.1, 0.15) is 16.2 Å². The Morgan fingerprint density at radius 1 is 1.20 bits per heavy atom. The van der Waals surface area contributed by atoms with E-state index in [1.54, 1.807) is 19.2 Å². The molecular formula is C18H16FN3O3. The summed E-state index contributed by atoms with van der Waals surface area (Å²) in [6.45, 7) is 0.301. The third-order valence-corrected chi connectivity index (χ3v) is 3.49. The molecule has 0 saturated carbocycles. The first-order chi connectivity index (χ1) is 12.2. The second-order valence-electron chi connectivity index (χ2n) is 5.25. The van der Waals surface area contributed by atoms with E-state index in [0.717, 1.165) is 5.56 Å². The molecule has 0 atom stereocenters. The van der Waals surface area contributed by atoms with Crippen molar-refractivity contribution in [3.8, 4) is 17.2 Å². The van der Waals surface area contributed by atoms with E-state index in [2.05, 4.69) is 15.5 Å². The highest BCUT2D eigenvalue weighted by Gasteiger charge is 2.11. The van der Waals surface area contributed by atoms with Gasteiger partial charge in [-0.05, 0) is 36.4 Å². The van der Waals surface area contributed by atoms with Gasteiger partial charge >= 0.3 is 0 Å². The van der Waals surface area contributed by atoms with Gasteiger partial charge < -0.3 is 14.5 Å². The SMILES string of the molecule is COc1cccc(-c2nnc(CCNC(=O)c3cccc(F)c3)o2)c1. The van der Waals surface area contributed by atoms with Gasteiger partial charge in [0, 0.05) is 24.1 Å². The van der Waals surface area contributed by atoms with E-state index in [4.69, 9.17) is 9.15 Å². The number of carbonyl (C=O) groups excluding carboxylic acids is 1. The number of amides is 1. The number of rotatable bonds is 6. The van der Waals surface area contributed by atoms with Crippen LogP contribution in [0, 0.1) is 5.82 Å². The zero-order chi connectivity index (χ0) is 17.6. The number of aromatic nitrogens is 2. The van der Waals surface area contributed by atoms with Crippen LogP contribution in [0.15, 0.2) is 52.9 Å². The van der Waals surface area contributed by atoms with Crippen molar-refractivity contribution in [3.63, 3.8) is 0 Å². The Bertz CT molecular complexity index is 879. The molecule has 128 valence electrons. The van der Waals surface area contributed by atoms with Crippen LogP contribution < -0.4 is 10.1 Å². The number of nitrogens with one attached hydrogen (secondary N) is 1. The second kappa shape index (κ2) is 7.57. The fourth-order valence-electron chi connectivity index (χ4n) is 2.24. The Morgan fingerprint density at radius 2 is 2.04 bits per heavy atom. The summed E-state index contributed by atoms with van der Waals surface area (Å²) in [5.74, 6) is 0.668. The van der Waals surface area contributed by atoms with Crippen LogP contribution in [0.5, 0.6) is 5.75 Å². The second-order valence-corrected chi connectivity index (χ2v) is 5.25. The first kappa shape index (κ1) is 16.6. The molecule has 1 heterocycles. The summed E-state index contributed by atoms with van der Waals surface area (Å²) in [5.41, 5.74) is 1.02. The van der Waals surface area contributed by atoms with Gasteiger partial charge in [0.25, 0.3) is 5.91 Å². The quantitative estimate of drug-likeness (QED) is 0.746. The van der Waals surface area contributed by atoms with Crippen molar-refractivity contribution in [1.29, 1.82) is 0 Å². The van der Waals surface area contributed by atoms with E-state index >= 15 is 0 Å². The molecule has 0 aliphatic heterocycles. The zero-order valence-corrected chi connectivity index (χ0v) is 13.5. The topological polar surface area (TPSA) is 77.3 Å². The van der Waals surface area contributed by atoms with Crippen LogP contribution in [0.3, 0.4) is 0 Å². The maximum atomic E-state index is 13.1. The van der Waals surface area contributed by atoms with E-state index in [-0.39, 0.29) is 11.5 Å². The Balaban J connectivity index is 1.57. The smallest absolute Gasteiger partial charge is 0.251 e. The lowest BCUT2D eigenvalue weighted by Crippen LogP contribution is -2.25. The Hall–Kier alpha value is -3.22. The maximum absolute atomic E-state index is 13.1. The van der Waals surface area contributed by atoms with Gasteiger partial charge in [-0.15, -0.1) is 10.2 Å². The molecule has 7 heteroatoms. The van der Waals surface area contributed by atoms with Crippen LogP contribution in [0.2, 0.25) is 0 Å². The molecule has 1 amide bonds. The van der Waals surface area contributed by atoms with Gasteiger partial charge in [-0.1, -0.05) is 12.1 Å². The zero-order valence-electron chi connectivity index (χ0n) is 13.5. The molecule has 0 radical (unpaired) electrons. The van der Waals surface area contributed by atoms with Gasteiger partial charge in [0.1, 0.15) is 11.6 Å². The summed E-state index contributed by atoms with van der Waals surface area (Å²) in [6.07, 6.45) is 0.373. The standard InChI is InChI=1S/C18H16FN3O3/c1-24-15-7-3-5-13(11-15)18-22-21-16(25-18)8-9-20-17(23)12-4-2-6-14(19)10-12/h2-7,10-11H,8-9H2,1H3,(H,20,23). The average molecular weight is 341 g/mol. The summed E-state index contributed by atoms with van der Waals surface area (Å²) in [7, 11) is 1.58. The number of ether oxygens (including phenoxy) is 1. The van der Waals surface area contributed by atoms with Gasteiger partial charge in [0.15, 0.2) is 0 Å². The van der Waals surface area contributed by atoms with Crippen LogP contribution in [-0.4, -0.2) is 29.8 Å². The Kier molecular flexibility index (Phi) is 5.03. The lowest BCUT2D eigenvalue weighted by molar-refractivity contribution is 0.0953. The predicted molar refractivity (Wildman–Crippen MR) is 88.7 cm³/mol. The van der Waals surface area contributed by atoms with Crippen molar-refractivity contribution in [2.75, 3.05) is 13.7 Å².